The van der Waals surface area contributed by atoms with Crippen molar-refractivity contribution in [2.24, 2.45) is 0 Å². The molecule has 5 heteroatoms. The third kappa shape index (κ3) is 1.40. The number of likely N-dealkylation sites (tertiary alicyclic amines) is 1. The number of ether oxygens (including phenoxy) is 3. The van der Waals surface area contributed by atoms with Gasteiger partial charge in [-0.2, -0.15) is 0 Å². The molecule has 0 saturated carbocycles. The molecule has 0 amide bonds. The van der Waals surface area contributed by atoms with Crippen molar-refractivity contribution in [1.29, 1.82) is 0 Å². The van der Waals surface area contributed by atoms with Gasteiger partial charge in [-0.05, 0) is 43.3 Å². The topological polar surface area (TPSA) is 51.2 Å². The van der Waals surface area contributed by atoms with Gasteiger partial charge in [-0.1, -0.05) is 12.1 Å². The summed E-state index contributed by atoms with van der Waals surface area (Å²) in [7, 11) is 5.43. The molecule has 0 aromatic heterocycles. The van der Waals surface area contributed by atoms with Gasteiger partial charge in [-0.25, -0.2) is 0 Å². The summed E-state index contributed by atoms with van der Waals surface area (Å²) in [6.07, 6.45) is 4.31. The number of aliphatic hydroxyl groups is 1. The van der Waals surface area contributed by atoms with Crippen molar-refractivity contribution in [2.45, 2.75) is 30.1 Å². The fraction of sp³-hybridized carbons (Fsp3) is 0.474. The molecule has 1 aromatic carbocycles. The van der Waals surface area contributed by atoms with Gasteiger partial charge in [-0.3, -0.25) is 4.90 Å². The van der Waals surface area contributed by atoms with E-state index < -0.39 is 6.10 Å². The summed E-state index contributed by atoms with van der Waals surface area (Å²) >= 11 is 0. The first kappa shape index (κ1) is 14.4. The number of piperidine rings is 1. The van der Waals surface area contributed by atoms with E-state index in [1.54, 1.807) is 14.2 Å². The molecule has 2 heterocycles. The third-order valence-electron chi connectivity index (χ3n) is 6.21. The van der Waals surface area contributed by atoms with Crippen LogP contribution in [0.3, 0.4) is 0 Å². The fourth-order valence-electron chi connectivity index (χ4n) is 5.17. The average molecular weight is 327 g/mol. The van der Waals surface area contributed by atoms with E-state index in [4.69, 9.17) is 14.2 Å². The lowest BCUT2D eigenvalue weighted by Crippen LogP contribution is -2.59. The second-order valence-electron chi connectivity index (χ2n) is 7.05. The predicted octanol–water partition coefficient (Wildman–Crippen LogP) is 1.92. The summed E-state index contributed by atoms with van der Waals surface area (Å²) in [5.41, 5.74) is 3.03. The van der Waals surface area contributed by atoms with Crippen LogP contribution in [0.1, 0.15) is 23.7 Å². The van der Waals surface area contributed by atoms with Crippen LogP contribution < -0.4 is 9.47 Å². The largest absolute Gasteiger partial charge is 0.497 e. The molecule has 4 atom stereocenters. The zero-order valence-corrected chi connectivity index (χ0v) is 14.1. The lowest BCUT2D eigenvalue weighted by molar-refractivity contribution is 0.0150. The van der Waals surface area contributed by atoms with Crippen molar-refractivity contribution in [1.82, 2.24) is 4.90 Å². The molecule has 2 aliphatic heterocycles. The Kier molecular flexibility index (Phi) is 2.73. The first-order valence-electron chi connectivity index (χ1n) is 8.36. The van der Waals surface area contributed by atoms with Crippen LogP contribution in [-0.4, -0.2) is 50.0 Å². The van der Waals surface area contributed by atoms with E-state index in [-0.39, 0.29) is 17.6 Å². The summed E-state index contributed by atoms with van der Waals surface area (Å²) < 4.78 is 17.6. The number of benzene rings is 1. The second-order valence-corrected chi connectivity index (χ2v) is 7.05. The Balaban J connectivity index is 1.87. The van der Waals surface area contributed by atoms with Crippen LogP contribution in [0.15, 0.2) is 35.6 Å². The first-order chi connectivity index (χ1) is 11.6. The minimum atomic E-state index is -0.561. The third-order valence-corrected chi connectivity index (χ3v) is 6.21. The molecule has 0 radical (unpaired) electrons. The summed E-state index contributed by atoms with van der Waals surface area (Å²) in [5.74, 6) is 2.32. The van der Waals surface area contributed by atoms with Crippen LogP contribution >= 0.6 is 0 Å². The Morgan fingerprint density at radius 1 is 1.25 bits per heavy atom. The highest BCUT2D eigenvalue weighted by molar-refractivity contribution is 5.68. The van der Waals surface area contributed by atoms with Gasteiger partial charge in [0.25, 0.3) is 0 Å². The molecule has 0 unspecified atom stereocenters. The maximum absolute atomic E-state index is 11.1. The number of methoxy groups -OCH3 is 2. The maximum atomic E-state index is 11.1. The van der Waals surface area contributed by atoms with Crippen molar-refractivity contribution in [3.8, 4) is 11.5 Å². The Bertz CT molecular complexity index is 799. The van der Waals surface area contributed by atoms with Gasteiger partial charge in [0.1, 0.15) is 5.76 Å². The minimum absolute atomic E-state index is 0.0219. The van der Waals surface area contributed by atoms with E-state index in [1.165, 1.54) is 5.57 Å². The van der Waals surface area contributed by atoms with Crippen molar-refractivity contribution in [3.63, 3.8) is 0 Å². The van der Waals surface area contributed by atoms with E-state index >= 15 is 0 Å². The number of hydrogen-bond donors (Lipinski definition) is 1. The summed E-state index contributed by atoms with van der Waals surface area (Å²) in [6, 6.07) is 3.86. The van der Waals surface area contributed by atoms with Crippen LogP contribution in [0.5, 0.6) is 11.5 Å². The highest BCUT2D eigenvalue weighted by Crippen LogP contribution is 2.64. The van der Waals surface area contributed by atoms with Crippen LogP contribution in [0, 0.1) is 0 Å². The first-order valence-corrected chi connectivity index (χ1v) is 8.36. The van der Waals surface area contributed by atoms with Gasteiger partial charge in [0, 0.05) is 5.56 Å². The van der Waals surface area contributed by atoms with Crippen molar-refractivity contribution >= 4 is 0 Å². The molecule has 126 valence electrons. The predicted molar refractivity (Wildman–Crippen MR) is 88.3 cm³/mol. The molecule has 1 saturated heterocycles. The zero-order chi connectivity index (χ0) is 16.6. The minimum Gasteiger partial charge on any atom is -0.497 e. The standard InChI is InChI=1S/C19H21NO4/c1-20-9-8-19-11-5-7-13(23-3)18(19)24-17-12(22-2)6-4-10(14(17)19)16(21)15(11)20/h4-7,15-16,18,21H,8-9H2,1-3H3/t15-,16-,18-,19-/m0/s1. The SMILES string of the molecule is COC1=CC=C2[C@H]3[C@@H](O)c4ccc(OC)c5c4[C@@]2(CCN3C)[C@H]1O5. The quantitative estimate of drug-likeness (QED) is 0.899. The average Bonchev–Trinajstić information content (AvgIpc) is 2.94. The van der Waals surface area contributed by atoms with Crippen molar-refractivity contribution in [2.75, 3.05) is 27.8 Å². The molecule has 24 heavy (non-hydrogen) atoms. The normalized spacial score (nSPS) is 35.6. The molecular weight excluding hydrogens is 306 g/mol. The summed E-state index contributed by atoms with van der Waals surface area (Å²) in [4.78, 5) is 2.25. The van der Waals surface area contributed by atoms with Crippen molar-refractivity contribution in [3.05, 3.63) is 46.7 Å². The van der Waals surface area contributed by atoms with E-state index in [0.717, 1.165) is 41.4 Å². The van der Waals surface area contributed by atoms with Crippen LogP contribution in [0.4, 0.5) is 0 Å². The molecule has 5 nitrogen and oxygen atoms in total. The highest BCUT2D eigenvalue weighted by atomic mass is 16.6. The Morgan fingerprint density at radius 2 is 2.08 bits per heavy atom. The number of hydrogen-bond acceptors (Lipinski definition) is 5. The van der Waals surface area contributed by atoms with Crippen LogP contribution in [0.2, 0.25) is 0 Å². The second kappa shape index (κ2) is 4.55. The lowest BCUT2D eigenvalue weighted by atomic mass is 9.56. The van der Waals surface area contributed by atoms with Crippen LogP contribution in [-0.2, 0) is 10.2 Å². The number of rotatable bonds is 2. The monoisotopic (exact) mass is 327 g/mol. The van der Waals surface area contributed by atoms with Gasteiger partial charge < -0.3 is 19.3 Å². The maximum Gasteiger partial charge on any atom is 0.169 e. The fourth-order valence-corrected chi connectivity index (χ4v) is 5.17. The van der Waals surface area contributed by atoms with Gasteiger partial charge in [0.2, 0.25) is 0 Å². The molecule has 1 fully saturated rings. The Labute approximate surface area is 141 Å². The van der Waals surface area contributed by atoms with E-state index in [1.807, 2.05) is 18.2 Å². The molecule has 2 bridgehead atoms. The van der Waals surface area contributed by atoms with Gasteiger partial charge in [-0.15, -0.1) is 0 Å². The molecule has 5 rings (SSSR count). The number of aliphatic hydroxyl groups excluding tert-OH is 1. The van der Waals surface area contributed by atoms with Gasteiger partial charge in [0.15, 0.2) is 17.6 Å². The molecule has 4 aliphatic rings. The summed E-state index contributed by atoms with van der Waals surface area (Å²) in [6.45, 7) is 0.909. The molecule has 1 N–H and O–H groups in total. The number of allylic oxidation sites excluding steroid dienone is 2. The number of likely N-dealkylation sites (N-methyl/N-ethyl adjacent to an activating group) is 1. The summed E-state index contributed by atoms with van der Waals surface area (Å²) in [5, 5.41) is 11.1. The van der Waals surface area contributed by atoms with E-state index in [9.17, 15) is 5.11 Å². The van der Waals surface area contributed by atoms with Crippen LogP contribution in [0.25, 0.3) is 0 Å². The molecular formula is C19H21NO4. The molecule has 1 spiro atoms. The van der Waals surface area contributed by atoms with E-state index in [2.05, 4.69) is 18.0 Å². The number of nitrogens with zero attached hydrogens (tertiary/aromatic N) is 1. The lowest BCUT2D eigenvalue weighted by Gasteiger charge is -2.54. The van der Waals surface area contributed by atoms with Gasteiger partial charge in [0.05, 0.1) is 31.8 Å². The Morgan fingerprint density at radius 3 is 2.83 bits per heavy atom. The van der Waals surface area contributed by atoms with Gasteiger partial charge >= 0.3 is 0 Å². The Hall–Kier alpha value is -1.98. The van der Waals surface area contributed by atoms with Crippen molar-refractivity contribution < 1.29 is 19.3 Å². The zero-order valence-electron chi connectivity index (χ0n) is 14.1. The molecule has 2 aliphatic carbocycles. The molecule has 1 aromatic rings. The van der Waals surface area contributed by atoms with E-state index in [0.29, 0.717) is 0 Å². The smallest absolute Gasteiger partial charge is 0.169 e. The highest BCUT2D eigenvalue weighted by Gasteiger charge is 2.63.